The van der Waals surface area contributed by atoms with Crippen molar-refractivity contribution in [3.05, 3.63) is 94.6 Å². The van der Waals surface area contributed by atoms with Gasteiger partial charge in [-0.2, -0.15) is 5.10 Å². The number of hydrogen-bond donors (Lipinski definition) is 0. The molecule has 158 valence electrons. The Kier molecular flexibility index (Phi) is 4.56. The van der Waals surface area contributed by atoms with Crippen LogP contribution in [0.1, 0.15) is 24.5 Å². The number of fused-ring (bicyclic) bond motifs is 1. The van der Waals surface area contributed by atoms with Crippen molar-refractivity contribution < 1.29 is 4.39 Å². The number of rotatable bonds is 4. The van der Waals surface area contributed by atoms with Gasteiger partial charge in [0.15, 0.2) is 5.65 Å². The molecule has 6 rings (SSSR count). The van der Waals surface area contributed by atoms with Gasteiger partial charge in [-0.3, -0.25) is 0 Å². The van der Waals surface area contributed by atoms with Crippen molar-refractivity contribution in [3.8, 4) is 28.2 Å². The summed E-state index contributed by atoms with van der Waals surface area (Å²) in [5.74, 6) is 0.836. The maximum Gasteiger partial charge on any atom is 0.166 e. The van der Waals surface area contributed by atoms with Crippen LogP contribution in [0.3, 0.4) is 0 Å². The van der Waals surface area contributed by atoms with Gasteiger partial charge in [0.05, 0.1) is 22.0 Å². The largest absolute Gasteiger partial charge is 0.309 e. The van der Waals surface area contributed by atoms with Gasteiger partial charge in [0, 0.05) is 40.5 Å². The molecule has 3 heterocycles. The molecule has 1 saturated carbocycles. The lowest BCUT2D eigenvalue weighted by Gasteiger charge is -2.11. The molecule has 0 bridgehead atoms. The lowest BCUT2D eigenvalue weighted by atomic mass is 10.0. The first-order valence-corrected chi connectivity index (χ1v) is 11.1. The van der Waals surface area contributed by atoms with Crippen LogP contribution in [-0.2, 0) is 0 Å². The van der Waals surface area contributed by atoms with E-state index in [1.807, 2.05) is 51.8 Å². The fraction of sp³-hybridized carbons (Fsp3) is 0.120. The van der Waals surface area contributed by atoms with Gasteiger partial charge >= 0.3 is 0 Å². The molecule has 7 heteroatoms. The summed E-state index contributed by atoms with van der Waals surface area (Å²) in [6.07, 6.45) is 6.05. The zero-order chi connectivity index (χ0) is 21.8. The lowest BCUT2D eigenvalue weighted by Crippen LogP contribution is -2.02. The monoisotopic (exact) mass is 462 g/mol. The molecule has 5 aromatic rings. The zero-order valence-electron chi connectivity index (χ0n) is 16.8. The SMILES string of the molecule is Fc1ccc(-c2cc(-n3cccc3)nc3c(-c4ccc(Cl)cc4Cl)c(C4CC4)nn23)cc1. The molecule has 1 aliphatic carbocycles. The highest BCUT2D eigenvalue weighted by molar-refractivity contribution is 6.36. The van der Waals surface area contributed by atoms with E-state index in [0.717, 1.165) is 46.7 Å². The fourth-order valence-corrected chi connectivity index (χ4v) is 4.56. The molecule has 0 aliphatic heterocycles. The summed E-state index contributed by atoms with van der Waals surface area (Å²) >= 11 is 12.8. The van der Waals surface area contributed by atoms with Gasteiger partial charge in [-0.25, -0.2) is 13.9 Å². The third-order valence-corrected chi connectivity index (χ3v) is 6.32. The summed E-state index contributed by atoms with van der Waals surface area (Å²) in [7, 11) is 0. The van der Waals surface area contributed by atoms with Crippen molar-refractivity contribution in [1.29, 1.82) is 0 Å². The minimum absolute atomic E-state index is 0.280. The van der Waals surface area contributed by atoms with Gasteiger partial charge < -0.3 is 4.57 Å². The molecule has 3 aromatic heterocycles. The Hall–Kier alpha value is -3.15. The molecule has 0 spiro atoms. The highest BCUT2D eigenvalue weighted by Crippen LogP contribution is 2.47. The molecule has 0 atom stereocenters. The summed E-state index contributed by atoms with van der Waals surface area (Å²) in [6, 6.07) is 17.8. The Morgan fingerprint density at radius 3 is 2.38 bits per heavy atom. The number of benzene rings is 2. The molecule has 32 heavy (non-hydrogen) atoms. The van der Waals surface area contributed by atoms with E-state index in [-0.39, 0.29) is 5.82 Å². The fourth-order valence-electron chi connectivity index (χ4n) is 4.06. The maximum atomic E-state index is 13.6. The standard InChI is InChI=1S/C25H17Cl2FN4/c26-17-7-10-19(20(27)13-17)23-24(16-3-4-16)30-32-21(15-5-8-18(28)9-6-15)14-22(29-25(23)32)31-11-1-2-12-31/h1-2,5-14,16H,3-4H2. The van der Waals surface area contributed by atoms with Crippen molar-refractivity contribution in [3.63, 3.8) is 0 Å². The number of nitrogens with zero attached hydrogens (tertiary/aromatic N) is 4. The van der Waals surface area contributed by atoms with Gasteiger partial charge in [-0.1, -0.05) is 29.3 Å². The van der Waals surface area contributed by atoms with Crippen molar-refractivity contribution in [1.82, 2.24) is 19.2 Å². The van der Waals surface area contributed by atoms with Gasteiger partial charge in [-0.05, 0) is 61.4 Å². The minimum atomic E-state index is -0.280. The van der Waals surface area contributed by atoms with E-state index in [0.29, 0.717) is 21.6 Å². The Morgan fingerprint density at radius 1 is 0.938 bits per heavy atom. The average molecular weight is 463 g/mol. The van der Waals surface area contributed by atoms with Gasteiger partial charge in [0.2, 0.25) is 0 Å². The second-order valence-electron chi connectivity index (χ2n) is 7.99. The summed E-state index contributed by atoms with van der Waals surface area (Å²) in [6.45, 7) is 0. The van der Waals surface area contributed by atoms with Crippen molar-refractivity contribution in [2.75, 3.05) is 0 Å². The zero-order valence-corrected chi connectivity index (χ0v) is 18.4. The third-order valence-electron chi connectivity index (χ3n) is 5.78. The third kappa shape index (κ3) is 3.29. The van der Waals surface area contributed by atoms with E-state index in [1.165, 1.54) is 12.1 Å². The van der Waals surface area contributed by atoms with Crippen LogP contribution in [0.2, 0.25) is 10.0 Å². The minimum Gasteiger partial charge on any atom is -0.309 e. The molecule has 0 amide bonds. The van der Waals surface area contributed by atoms with Gasteiger partial charge in [-0.15, -0.1) is 0 Å². The van der Waals surface area contributed by atoms with E-state index >= 15 is 0 Å². The van der Waals surface area contributed by atoms with Crippen LogP contribution in [0.25, 0.3) is 33.8 Å². The molecule has 1 fully saturated rings. The Balaban J connectivity index is 1.70. The first-order chi connectivity index (χ1) is 15.6. The van der Waals surface area contributed by atoms with Crippen LogP contribution in [0.15, 0.2) is 73.1 Å². The highest BCUT2D eigenvalue weighted by Gasteiger charge is 2.33. The van der Waals surface area contributed by atoms with Crippen LogP contribution in [0.5, 0.6) is 0 Å². The summed E-state index contributed by atoms with van der Waals surface area (Å²) in [5.41, 5.74) is 5.15. The Morgan fingerprint density at radius 2 is 1.69 bits per heavy atom. The van der Waals surface area contributed by atoms with Gasteiger partial charge in [0.1, 0.15) is 11.6 Å². The Bertz CT molecular complexity index is 1450. The second kappa shape index (κ2) is 7.47. The van der Waals surface area contributed by atoms with Crippen molar-refractivity contribution in [2.45, 2.75) is 18.8 Å². The van der Waals surface area contributed by atoms with Crippen LogP contribution >= 0.6 is 23.2 Å². The summed E-state index contributed by atoms with van der Waals surface area (Å²) in [4.78, 5) is 4.99. The van der Waals surface area contributed by atoms with E-state index < -0.39 is 0 Å². The molecular formula is C25H17Cl2FN4. The molecule has 0 saturated heterocycles. The van der Waals surface area contributed by atoms with Crippen molar-refractivity contribution in [2.24, 2.45) is 0 Å². The molecule has 0 N–H and O–H groups in total. The molecule has 1 aliphatic rings. The normalized spacial score (nSPS) is 13.7. The lowest BCUT2D eigenvalue weighted by molar-refractivity contribution is 0.628. The maximum absolute atomic E-state index is 13.6. The van der Waals surface area contributed by atoms with Crippen molar-refractivity contribution >= 4 is 28.8 Å². The molecule has 2 aromatic carbocycles. The van der Waals surface area contributed by atoms with E-state index in [9.17, 15) is 4.39 Å². The van der Waals surface area contributed by atoms with E-state index in [4.69, 9.17) is 33.3 Å². The molecule has 0 radical (unpaired) electrons. The predicted octanol–water partition coefficient (Wildman–Crippen LogP) is 7.18. The highest BCUT2D eigenvalue weighted by atomic mass is 35.5. The van der Waals surface area contributed by atoms with E-state index in [2.05, 4.69) is 0 Å². The second-order valence-corrected chi connectivity index (χ2v) is 8.83. The summed E-state index contributed by atoms with van der Waals surface area (Å²) < 4.78 is 17.4. The first-order valence-electron chi connectivity index (χ1n) is 10.4. The Labute approximate surface area is 193 Å². The topological polar surface area (TPSA) is 35.1 Å². The number of halogens is 3. The van der Waals surface area contributed by atoms with Crippen LogP contribution in [0.4, 0.5) is 4.39 Å². The van der Waals surface area contributed by atoms with Crippen LogP contribution in [-0.4, -0.2) is 19.2 Å². The number of hydrogen-bond acceptors (Lipinski definition) is 2. The number of aromatic nitrogens is 4. The average Bonchev–Trinajstić information content (AvgIpc) is 3.34. The molecule has 0 unspecified atom stereocenters. The van der Waals surface area contributed by atoms with E-state index in [1.54, 1.807) is 18.2 Å². The molecular weight excluding hydrogens is 446 g/mol. The first kappa shape index (κ1) is 19.5. The quantitative estimate of drug-likeness (QED) is 0.283. The predicted molar refractivity (Wildman–Crippen MR) is 125 cm³/mol. The van der Waals surface area contributed by atoms with Crippen LogP contribution < -0.4 is 0 Å². The smallest absolute Gasteiger partial charge is 0.166 e. The van der Waals surface area contributed by atoms with Gasteiger partial charge in [0.25, 0.3) is 0 Å². The van der Waals surface area contributed by atoms with Crippen LogP contribution in [0, 0.1) is 5.82 Å². The molecule has 4 nitrogen and oxygen atoms in total. The summed E-state index contributed by atoms with van der Waals surface area (Å²) in [5, 5.41) is 6.14.